The van der Waals surface area contributed by atoms with Crippen molar-refractivity contribution < 1.29 is 14.3 Å². The van der Waals surface area contributed by atoms with Gasteiger partial charge in [-0.3, -0.25) is 0 Å². The van der Waals surface area contributed by atoms with Crippen molar-refractivity contribution in [3.63, 3.8) is 0 Å². The molecule has 2 amide bonds. The Kier molecular flexibility index (Phi) is 5.02. The first-order valence-electron chi connectivity index (χ1n) is 7.68. The summed E-state index contributed by atoms with van der Waals surface area (Å²) in [6.45, 7) is 3.71. The molecule has 1 aliphatic rings. The van der Waals surface area contributed by atoms with E-state index in [-0.39, 0.29) is 12.1 Å². The molecule has 0 bridgehead atoms. The highest BCUT2D eigenvalue weighted by atomic mass is 32.1. The number of nitrogens with one attached hydrogen (secondary N) is 2. The van der Waals surface area contributed by atoms with Crippen molar-refractivity contribution in [2.75, 3.05) is 19.8 Å². The topological polar surface area (TPSA) is 59.6 Å². The third-order valence-corrected chi connectivity index (χ3v) is 4.59. The maximum atomic E-state index is 12.0. The van der Waals surface area contributed by atoms with Crippen molar-refractivity contribution in [2.45, 2.75) is 19.4 Å². The van der Waals surface area contributed by atoms with Gasteiger partial charge in [0.05, 0.1) is 6.04 Å². The van der Waals surface area contributed by atoms with Gasteiger partial charge in [-0.25, -0.2) is 4.79 Å². The molecule has 122 valence electrons. The molecule has 1 aromatic heterocycles. The lowest BCUT2D eigenvalue weighted by Gasteiger charge is -2.21. The predicted molar refractivity (Wildman–Crippen MR) is 90.4 cm³/mol. The molecule has 2 aromatic rings. The lowest BCUT2D eigenvalue weighted by molar-refractivity contribution is 0.171. The van der Waals surface area contributed by atoms with Gasteiger partial charge < -0.3 is 20.1 Å². The summed E-state index contributed by atoms with van der Waals surface area (Å²) >= 11 is 1.70. The van der Waals surface area contributed by atoms with Crippen LogP contribution in [0.2, 0.25) is 0 Å². The van der Waals surface area contributed by atoms with Gasteiger partial charge in [0.2, 0.25) is 0 Å². The van der Waals surface area contributed by atoms with Gasteiger partial charge in [-0.1, -0.05) is 12.1 Å². The summed E-state index contributed by atoms with van der Waals surface area (Å²) < 4.78 is 11.1. The Labute approximate surface area is 139 Å². The van der Waals surface area contributed by atoms with Crippen LogP contribution in [0.15, 0.2) is 35.7 Å². The highest BCUT2D eigenvalue weighted by molar-refractivity contribution is 7.09. The van der Waals surface area contributed by atoms with Crippen LogP contribution in [0.1, 0.15) is 23.4 Å². The molecule has 2 heterocycles. The fourth-order valence-electron chi connectivity index (χ4n) is 2.41. The summed E-state index contributed by atoms with van der Waals surface area (Å²) in [4.78, 5) is 13.2. The van der Waals surface area contributed by atoms with E-state index < -0.39 is 0 Å². The summed E-state index contributed by atoms with van der Waals surface area (Å²) in [6, 6.07) is 9.58. The number of ether oxygens (including phenoxy) is 2. The molecule has 0 radical (unpaired) electrons. The molecule has 5 nitrogen and oxygen atoms in total. The van der Waals surface area contributed by atoms with Gasteiger partial charge in [-0.05, 0) is 42.5 Å². The highest BCUT2D eigenvalue weighted by Crippen LogP contribution is 2.32. The molecular weight excluding hydrogens is 312 g/mol. The standard InChI is InChI=1S/C17H20N2O3S/c1-12(13-4-5-15-16(11-13)22-9-8-21-15)19-17(20)18-7-6-14-3-2-10-23-14/h2-5,10-12H,6-9H2,1H3,(H2,18,19,20). The fraction of sp³-hybridized carbons (Fsp3) is 0.353. The number of thiophene rings is 1. The smallest absolute Gasteiger partial charge is 0.315 e. The molecule has 1 aromatic carbocycles. The molecule has 0 saturated carbocycles. The maximum absolute atomic E-state index is 12.0. The molecule has 2 N–H and O–H groups in total. The van der Waals surface area contributed by atoms with Crippen molar-refractivity contribution in [3.05, 3.63) is 46.2 Å². The van der Waals surface area contributed by atoms with E-state index in [1.165, 1.54) is 4.88 Å². The van der Waals surface area contributed by atoms with E-state index in [1.54, 1.807) is 11.3 Å². The summed E-state index contributed by atoms with van der Waals surface area (Å²) in [5, 5.41) is 7.87. The molecule has 23 heavy (non-hydrogen) atoms. The number of carbonyl (C=O) groups excluding carboxylic acids is 1. The van der Waals surface area contributed by atoms with E-state index in [0.717, 1.165) is 23.5 Å². The van der Waals surface area contributed by atoms with Gasteiger partial charge in [0, 0.05) is 11.4 Å². The van der Waals surface area contributed by atoms with Crippen LogP contribution in [-0.4, -0.2) is 25.8 Å². The first-order valence-corrected chi connectivity index (χ1v) is 8.56. The molecule has 1 atom stereocenters. The first kappa shape index (κ1) is 15.7. The largest absolute Gasteiger partial charge is 0.486 e. The minimum Gasteiger partial charge on any atom is -0.486 e. The van der Waals surface area contributed by atoms with E-state index in [9.17, 15) is 4.79 Å². The summed E-state index contributed by atoms with van der Waals surface area (Å²) in [6.07, 6.45) is 0.851. The van der Waals surface area contributed by atoms with Gasteiger partial charge >= 0.3 is 6.03 Å². The van der Waals surface area contributed by atoms with Crippen LogP contribution in [-0.2, 0) is 6.42 Å². The third-order valence-electron chi connectivity index (χ3n) is 3.65. The van der Waals surface area contributed by atoms with Gasteiger partial charge in [0.25, 0.3) is 0 Å². The highest BCUT2D eigenvalue weighted by Gasteiger charge is 2.15. The molecule has 0 saturated heterocycles. The van der Waals surface area contributed by atoms with Crippen molar-refractivity contribution in [2.24, 2.45) is 0 Å². The predicted octanol–water partition coefficient (Wildman–Crippen LogP) is 3.12. The third kappa shape index (κ3) is 4.16. The Morgan fingerprint density at radius 3 is 2.87 bits per heavy atom. The van der Waals surface area contributed by atoms with Crippen LogP contribution in [0.3, 0.4) is 0 Å². The number of hydrogen-bond acceptors (Lipinski definition) is 4. The lowest BCUT2D eigenvalue weighted by Crippen LogP contribution is -2.38. The van der Waals surface area contributed by atoms with Gasteiger partial charge in [-0.2, -0.15) is 0 Å². The second-order valence-electron chi connectivity index (χ2n) is 5.35. The molecule has 3 rings (SSSR count). The van der Waals surface area contributed by atoms with Gasteiger partial charge in [0.15, 0.2) is 11.5 Å². The average Bonchev–Trinajstić information content (AvgIpc) is 3.07. The van der Waals surface area contributed by atoms with Crippen LogP contribution in [0.5, 0.6) is 11.5 Å². The van der Waals surface area contributed by atoms with E-state index >= 15 is 0 Å². The Bertz CT molecular complexity index is 658. The maximum Gasteiger partial charge on any atom is 0.315 e. The number of benzene rings is 1. The molecule has 6 heteroatoms. The molecule has 1 unspecified atom stereocenters. The van der Waals surface area contributed by atoms with Crippen molar-refractivity contribution in [1.82, 2.24) is 10.6 Å². The monoisotopic (exact) mass is 332 g/mol. The summed E-state index contributed by atoms with van der Waals surface area (Å²) in [5.74, 6) is 1.49. The number of fused-ring (bicyclic) bond motifs is 1. The van der Waals surface area contributed by atoms with Crippen molar-refractivity contribution >= 4 is 17.4 Å². The van der Waals surface area contributed by atoms with Crippen LogP contribution in [0.25, 0.3) is 0 Å². The van der Waals surface area contributed by atoms with E-state index in [1.807, 2.05) is 36.6 Å². The number of carbonyl (C=O) groups is 1. The minimum absolute atomic E-state index is 0.104. The Morgan fingerprint density at radius 1 is 1.26 bits per heavy atom. The lowest BCUT2D eigenvalue weighted by atomic mass is 10.1. The SMILES string of the molecule is CC(NC(=O)NCCc1cccs1)c1ccc2c(c1)OCCO2. The van der Waals surface area contributed by atoms with Crippen molar-refractivity contribution in [1.29, 1.82) is 0 Å². The Balaban J connectivity index is 1.50. The molecular formula is C17H20N2O3S. The van der Waals surface area contributed by atoms with E-state index in [2.05, 4.69) is 16.7 Å². The van der Waals surface area contributed by atoms with E-state index in [0.29, 0.717) is 19.8 Å². The van der Waals surface area contributed by atoms with Crippen molar-refractivity contribution in [3.8, 4) is 11.5 Å². The fourth-order valence-corrected chi connectivity index (χ4v) is 3.12. The first-order chi connectivity index (χ1) is 11.2. The second kappa shape index (κ2) is 7.37. The zero-order valence-corrected chi connectivity index (χ0v) is 13.8. The van der Waals surface area contributed by atoms with Crippen LogP contribution < -0.4 is 20.1 Å². The molecule has 0 fully saturated rings. The number of urea groups is 1. The average molecular weight is 332 g/mol. The van der Waals surface area contributed by atoms with E-state index in [4.69, 9.17) is 9.47 Å². The Morgan fingerprint density at radius 2 is 2.09 bits per heavy atom. The second-order valence-corrected chi connectivity index (χ2v) is 6.39. The normalized spacial score (nSPS) is 14.1. The van der Waals surface area contributed by atoms with Gasteiger partial charge in [0.1, 0.15) is 13.2 Å². The number of rotatable bonds is 5. The quantitative estimate of drug-likeness (QED) is 0.884. The van der Waals surface area contributed by atoms with Crippen LogP contribution in [0, 0.1) is 0 Å². The minimum atomic E-state index is -0.163. The zero-order valence-electron chi connectivity index (χ0n) is 13.0. The molecule has 0 spiro atoms. The Hall–Kier alpha value is -2.21. The molecule has 0 aliphatic carbocycles. The summed E-state index contributed by atoms with van der Waals surface area (Å²) in [5.41, 5.74) is 0.989. The summed E-state index contributed by atoms with van der Waals surface area (Å²) in [7, 11) is 0. The number of amides is 2. The zero-order chi connectivity index (χ0) is 16.1. The van der Waals surface area contributed by atoms with Crippen LogP contribution in [0.4, 0.5) is 4.79 Å². The van der Waals surface area contributed by atoms with Gasteiger partial charge in [-0.15, -0.1) is 11.3 Å². The molecule has 1 aliphatic heterocycles. The number of hydrogen-bond donors (Lipinski definition) is 2. The van der Waals surface area contributed by atoms with Crippen LogP contribution >= 0.6 is 11.3 Å².